The van der Waals surface area contributed by atoms with E-state index in [1.165, 1.54) is 0 Å². The van der Waals surface area contributed by atoms with E-state index in [2.05, 4.69) is 47.0 Å². The number of nitrogens with one attached hydrogen (secondary N) is 1. The first-order valence-corrected chi connectivity index (χ1v) is 9.31. The smallest absolute Gasteiger partial charge is 0.191 e. The second kappa shape index (κ2) is 6.89. The van der Waals surface area contributed by atoms with Gasteiger partial charge in [0.15, 0.2) is 5.16 Å². The Labute approximate surface area is 130 Å². The Morgan fingerprint density at radius 3 is 2.90 bits per heavy atom. The zero-order valence-electron chi connectivity index (χ0n) is 12.8. The quantitative estimate of drug-likeness (QED) is 0.664. The van der Waals surface area contributed by atoms with E-state index in [1.54, 1.807) is 11.8 Å². The summed E-state index contributed by atoms with van der Waals surface area (Å²) in [5.41, 5.74) is 0. The number of anilines is 2. The molecule has 0 aliphatic carbocycles. The summed E-state index contributed by atoms with van der Waals surface area (Å²) in [6.45, 7) is 9.82. The summed E-state index contributed by atoms with van der Waals surface area (Å²) in [4.78, 5) is 11.6. The lowest BCUT2D eigenvalue weighted by molar-refractivity contribution is 0.639. The minimum atomic E-state index is 0.291. The van der Waals surface area contributed by atoms with Gasteiger partial charge in [-0.2, -0.15) is 11.8 Å². The van der Waals surface area contributed by atoms with Crippen molar-refractivity contribution in [1.82, 2.24) is 9.97 Å². The summed E-state index contributed by atoms with van der Waals surface area (Å²) in [5, 5.41) is 4.22. The third-order valence-electron chi connectivity index (χ3n) is 3.18. The van der Waals surface area contributed by atoms with Crippen LogP contribution in [0.1, 0.15) is 27.2 Å². The largest absolute Gasteiger partial charge is 0.370 e. The minimum absolute atomic E-state index is 0.291. The van der Waals surface area contributed by atoms with E-state index in [4.69, 9.17) is 0 Å². The van der Waals surface area contributed by atoms with Crippen molar-refractivity contribution < 1.29 is 0 Å². The molecule has 0 atom stereocenters. The van der Waals surface area contributed by atoms with Crippen LogP contribution in [-0.2, 0) is 0 Å². The van der Waals surface area contributed by atoms with Crippen LogP contribution >= 0.6 is 23.5 Å². The van der Waals surface area contributed by atoms with Gasteiger partial charge < -0.3 is 10.2 Å². The van der Waals surface area contributed by atoms with Crippen molar-refractivity contribution in [2.24, 2.45) is 0 Å². The number of aromatic nitrogens is 2. The van der Waals surface area contributed by atoms with Gasteiger partial charge in [-0.25, -0.2) is 9.97 Å². The lowest BCUT2D eigenvalue weighted by Crippen LogP contribution is -2.43. The second-order valence-electron chi connectivity index (χ2n) is 5.55. The highest BCUT2D eigenvalue weighted by molar-refractivity contribution is 8.00. The highest BCUT2D eigenvalue weighted by Gasteiger charge is 2.28. The molecule has 20 heavy (non-hydrogen) atoms. The molecule has 1 aliphatic rings. The van der Waals surface area contributed by atoms with E-state index < -0.39 is 0 Å². The van der Waals surface area contributed by atoms with Crippen LogP contribution in [0.4, 0.5) is 11.6 Å². The van der Waals surface area contributed by atoms with E-state index >= 15 is 0 Å². The molecule has 1 fully saturated rings. The van der Waals surface area contributed by atoms with Gasteiger partial charge >= 0.3 is 0 Å². The molecule has 0 unspecified atom stereocenters. The topological polar surface area (TPSA) is 41.0 Å². The molecule has 112 valence electrons. The van der Waals surface area contributed by atoms with E-state index in [9.17, 15) is 0 Å². The minimum Gasteiger partial charge on any atom is -0.370 e. The van der Waals surface area contributed by atoms with Crippen molar-refractivity contribution in [3.05, 3.63) is 6.07 Å². The zero-order valence-corrected chi connectivity index (χ0v) is 14.4. The maximum absolute atomic E-state index is 4.68. The van der Waals surface area contributed by atoms with Crippen LogP contribution < -0.4 is 10.2 Å². The summed E-state index contributed by atoms with van der Waals surface area (Å²) < 4.78 is 0.291. The molecular weight excluding hydrogens is 288 g/mol. The van der Waals surface area contributed by atoms with Crippen molar-refractivity contribution in [2.45, 2.75) is 37.1 Å². The Kier molecular flexibility index (Phi) is 5.43. The fourth-order valence-electron chi connectivity index (χ4n) is 2.22. The number of hydrogen-bond donors (Lipinski definition) is 1. The molecule has 0 radical (unpaired) electrons. The van der Waals surface area contributed by atoms with Gasteiger partial charge in [-0.3, -0.25) is 0 Å². The van der Waals surface area contributed by atoms with E-state index in [0.29, 0.717) is 4.75 Å². The standard InChI is InChI=1S/C14H24N4S2/c1-5-6-15-11-9-12(17-13(16-11)19-4)18-7-8-20-14(2,3)10-18/h9H,5-8,10H2,1-4H3,(H,15,16,17). The molecule has 6 heteroatoms. The van der Waals surface area contributed by atoms with Gasteiger partial charge in [0.05, 0.1) is 0 Å². The molecule has 0 aromatic carbocycles. The Balaban J connectivity index is 2.21. The predicted octanol–water partition coefficient (Wildman–Crippen LogP) is 3.35. The Morgan fingerprint density at radius 1 is 1.45 bits per heavy atom. The Bertz CT molecular complexity index is 451. The molecule has 0 spiro atoms. The number of nitrogens with zero attached hydrogens (tertiary/aromatic N) is 3. The number of thioether (sulfide) groups is 2. The fraction of sp³-hybridized carbons (Fsp3) is 0.714. The van der Waals surface area contributed by atoms with Crippen LogP contribution in [0.3, 0.4) is 0 Å². The van der Waals surface area contributed by atoms with Crippen LogP contribution in [0.25, 0.3) is 0 Å². The molecule has 1 N–H and O–H groups in total. The van der Waals surface area contributed by atoms with E-state index in [-0.39, 0.29) is 0 Å². The van der Waals surface area contributed by atoms with Crippen LogP contribution in [0, 0.1) is 0 Å². The van der Waals surface area contributed by atoms with E-state index in [1.807, 2.05) is 18.0 Å². The van der Waals surface area contributed by atoms with Crippen molar-refractivity contribution in [3.63, 3.8) is 0 Å². The Hall–Kier alpha value is -0.620. The monoisotopic (exact) mass is 312 g/mol. The van der Waals surface area contributed by atoms with Gasteiger partial charge in [-0.15, -0.1) is 0 Å². The third kappa shape index (κ3) is 4.19. The van der Waals surface area contributed by atoms with Crippen LogP contribution in [0.2, 0.25) is 0 Å². The lowest BCUT2D eigenvalue weighted by Gasteiger charge is -2.38. The number of hydrogen-bond acceptors (Lipinski definition) is 6. The molecule has 1 aromatic rings. The molecule has 1 aromatic heterocycles. The summed E-state index contributed by atoms with van der Waals surface area (Å²) in [6.07, 6.45) is 3.13. The molecule has 1 aliphatic heterocycles. The zero-order chi connectivity index (χ0) is 14.6. The van der Waals surface area contributed by atoms with Crippen LogP contribution in [-0.4, -0.2) is 46.4 Å². The van der Waals surface area contributed by atoms with E-state index in [0.717, 1.165) is 48.6 Å². The first-order valence-electron chi connectivity index (χ1n) is 7.10. The summed E-state index contributed by atoms with van der Waals surface area (Å²) in [7, 11) is 0. The predicted molar refractivity (Wildman–Crippen MR) is 91.3 cm³/mol. The summed E-state index contributed by atoms with van der Waals surface area (Å²) >= 11 is 3.64. The maximum Gasteiger partial charge on any atom is 0.191 e. The van der Waals surface area contributed by atoms with Crippen molar-refractivity contribution >= 4 is 35.2 Å². The maximum atomic E-state index is 4.68. The fourth-order valence-corrected chi connectivity index (χ4v) is 3.71. The van der Waals surface area contributed by atoms with Crippen molar-refractivity contribution in [1.29, 1.82) is 0 Å². The van der Waals surface area contributed by atoms with Gasteiger partial charge in [0, 0.05) is 36.2 Å². The van der Waals surface area contributed by atoms with Crippen molar-refractivity contribution in [3.8, 4) is 0 Å². The molecule has 0 saturated carbocycles. The molecule has 2 heterocycles. The highest BCUT2D eigenvalue weighted by Crippen LogP contribution is 2.32. The summed E-state index contributed by atoms with van der Waals surface area (Å²) in [5.74, 6) is 3.15. The molecule has 2 rings (SSSR count). The molecule has 0 amide bonds. The van der Waals surface area contributed by atoms with Gasteiger partial charge in [0.1, 0.15) is 11.6 Å². The van der Waals surface area contributed by atoms with Crippen LogP contribution in [0.5, 0.6) is 0 Å². The summed E-state index contributed by atoms with van der Waals surface area (Å²) in [6, 6.07) is 2.08. The van der Waals surface area contributed by atoms with Crippen LogP contribution in [0.15, 0.2) is 11.2 Å². The average molecular weight is 313 g/mol. The lowest BCUT2D eigenvalue weighted by atomic mass is 10.2. The van der Waals surface area contributed by atoms with Gasteiger partial charge in [0.2, 0.25) is 0 Å². The Morgan fingerprint density at radius 2 is 2.25 bits per heavy atom. The second-order valence-corrected chi connectivity index (χ2v) is 8.13. The number of rotatable bonds is 5. The molecule has 1 saturated heterocycles. The SMILES string of the molecule is CCCNc1cc(N2CCSC(C)(C)C2)nc(SC)n1. The third-order valence-corrected chi connectivity index (χ3v) is 5.03. The van der Waals surface area contributed by atoms with Gasteiger partial charge in [-0.05, 0) is 26.5 Å². The normalized spacial score (nSPS) is 18.1. The first-order chi connectivity index (χ1) is 9.54. The average Bonchev–Trinajstić information content (AvgIpc) is 2.43. The van der Waals surface area contributed by atoms with Gasteiger partial charge in [0.25, 0.3) is 0 Å². The molecule has 0 bridgehead atoms. The highest BCUT2D eigenvalue weighted by atomic mass is 32.2. The molecular formula is C14H24N4S2. The first kappa shape index (κ1) is 15.8. The van der Waals surface area contributed by atoms with Gasteiger partial charge in [-0.1, -0.05) is 18.7 Å². The van der Waals surface area contributed by atoms with Crippen molar-refractivity contribution in [2.75, 3.05) is 41.9 Å². The molecule has 4 nitrogen and oxygen atoms in total.